The topological polar surface area (TPSA) is 35.5 Å². The number of rotatable bonds is 3. The van der Waals surface area contributed by atoms with Crippen LogP contribution in [0.1, 0.15) is 32.6 Å². The molecule has 14 heavy (non-hydrogen) atoms. The third kappa shape index (κ3) is 1.67. The van der Waals surface area contributed by atoms with Crippen LogP contribution in [-0.2, 0) is 14.3 Å². The molecule has 78 valence electrons. The number of hydrogen-bond donors (Lipinski definition) is 0. The molecule has 0 aliphatic carbocycles. The van der Waals surface area contributed by atoms with Crippen LogP contribution in [0.15, 0.2) is 0 Å². The lowest BCUT2D eigenvalue weighted by atomic mass is 9.86. The lowest BCUT2D eigenvalue weighted by Crippen LogP contribution is -2.41. The van der Waals surface area contributed by atoms with E-state index >= 15 is 0 Å². The van der Waals surface area contributed by atoms with Crippen LogP contribution in [0.25, 0.3) is 0 Å². The highest BCUT2D eigenvalue weighted by Crippen LogP contribution is 2.43. The molecule has 2 saturated heterocycles. The van der Waals surface area contributed by atoms with E-state index in [0.29, 0.717) is 12.5 Å². The zero-order valence-electron chi connectivity index (χ0n) is 8.91. The Labute approximate surface area is 85.6 Å². The van der Waals surface area contributed by atoms with E-state index in [-0.39, 0.29) is 17.7 Å². The van der Waals surface area contributed by atoms with Gasteiger partial charge in [0.15, 0.2) is 0 Å². The molecule has 3 nitrogen and oxygen atoms in total. The van der Waals surface area contributed by atoms with Gasteiger partial charge in [0, 0.05) is 12.8 Å². The Morgan fingerprint density at radius 3 is 2.93 bits per heavy atom. The number of esters is 1. The number of ether oxygens (including phenoxy) is 2. The van der Waals surface area contributed by atoms with Crippen molar-refractivity contribution >= 4 is 13.8 Å². The van der Waals surface area contributed by atoms with Gasteiger partial charge in [0.2, 0.25) is 0 Å². The summed E-state index contributed by atoms with van der Waals surface area (Å²) in [5.74, 6) is -0.0776. The van der Waals surface area contributed by atoms with Crippen molar-refractivity contribution in [3.63, 3.8) is 0 Å². The van der Waals surface area contributed by atoms with Crippen molar-refractivity contribution < 1.29 is 14.3 Å². The molecule has 0 aromatic carbocycles. The average Bonchev–Trinajstić information content (AvgIpc) is 2.62. The van der Waals surface area contributed by atoms with Gasteiger partial charge >= 0.3 is 5.97 Å². The van der Waals surface area contributed by atoms with Crippen molar-refractivity contribution in [1.29, 1.82) is 0 Å². The highest BCUT2D eigenvalue weighted by atomic mass is 16.6. The normalized spacial score (nSPS) is 40.1. The molecule has 2 heterocycles. The van der Waals surface area contributed by atoms with Gasteiger partial charge in [0.05, 0.1) is 12.2 Å². The van der Waals surface area contributed by atoms with E-state index in [2.05, 4.69) is 0 Å². The van der Waals surface area contributed by atoms with E-state index in [0.717, 1.165) is 25.6 Å². The standard InChI is InChI=1S/C10H17BO3/c1-10(14-9(12)4-5-11)6-7-2-3-8(10)13-7/h7-8H,2-6,11H2,1H3. The van der Waals surface area contributed by atoms with Crippen LogP contribution in [-0.4, -0.2) is 31.6 Å². The number of fused-ring (bicyclic) bond motifs is 2. The minimum Gasteiger partial charge on any atom is -0.456 e. The summed E-state index contributed by atoms with van der Waals surface area (Å²) in [6.07, 6.45) is 4.91. The predicted octanol–water partition coefficient (Wildman–Crippen LogP) is 0.681. The van der Waals surface area contributed by atoms with Crippen molar-refractivity contribution in [3.8, 4) is 0 Å². The Bertz CT molecular complexity index is 244. The van der Waals surface area contributed by atoms with Gasteiger partial charge in [0.1, 0.15) is 13.4 Å². The van der Waals surface area contributed by atoms with Gasteiger partial charge in [-0.15, -0.1) is 0 Å². The van der Waals surface area contributed by atoms with Crippen LogP contribution in [0, 0.1) is 0 Å². The van der Waals surface area contributed by atoms with E-state index < -0.39 is 0 Å². The average molecular weight is 196 g/mol. The maximum atomic E-state index is 11.4. The van der Waals surface area contributed by atoms with Crippen molar-refractivity contribution in [2.45, 2.75) is 56.7 Å². The Kier molecular flexibility index (Phi) is 2.56. The zero-order chi connectivity index (χ0) is 10.2. The Balaban J connectivity index is 1.93. The summed E-state index contributed by atoms with van der Waals surface area (Å²) < 4.78 is 11.2. The summed E-state index contributed by atoms with van der Waals surface area (Å²) in [4.78, 5) is 11.4. The molecular weight excluding hydrogens is 179 g/mol. The summed E-state index contributed by atoms with van der Waals surface area (Å²) in [5, 5.41) is 0. The highest BCUT2D eigenvalue weighted by molar-refractivity contribution is 6.09. The molecule has 3 unspecified atom stereocenters. The largest absolute Gasteiger partial charge is 0.456 e. The van der Waals surface area contributed by atoms with E-state index in [1.807, 2.05) is 14.8 Å². The molecule has 0 amide bonds. The van der Waals surface area contributed by atoms with Crippen LogP contribution >= 0.6 is 0 Å². The first-order valence-corrected chi connectivity index (χ1v) is 5.51. The molecule has 2 aliphatic heterocycles. The molecule has 0 N–H and O–H groups in total. The lowest BCUT2D eigenvalue weighted by molar-refractivity contribution is -0.162. The van der Waals surface area contributed by atoms with E-state index in [1.165, 1.54) is 0 Å². The predicted molar refractivity (Wildman–Crippen MR) is 55.0 cm³/mol. The minimum atomic E-state index is -0.338. The molecule has 0 saturated carbocycles. The highest BCUT2D eigenvalue weighted by Gasteiger charge is 2.51. The Morgan fingerprint density at radius 1 is 1.64 bits per heavy atom. The quantitative estimate of drug-likeness (QED) is 0.491. The third-order valence-electron chi connectivity index (χ3n) is 3.22. The number of carbonyl (C=O) groups is 1. The monoisotopic (exact) mass is 196 g/mol. The van der Waals surface area contributed by atoms with E-state index in [4.69, 9.17) is 9.47 Å². The summed E-state index contributed by atoms with van der Waals surface area (Å²) in [6.45, 7) is 2.00. The van der Waals surface area contributed by atoms with Crippen LogP contribution in [0.5, 0.6) is 0 Å². The summed E-state index contributed by atoms with van der Waals surface area (Å²) in [7, 11) is 1.99. The van der Waals surface area contributed by atoms with Crippen LogP contribution in [0.3, 0.4) is 0 Å². The fourth-order valence-electron chi connectivity index (χ4n) is 2.51. The Hall–Kier alpha value is -0.505. The second kappa shape index (κ2) is 3.57. The van der Waals surface area contributed by atoms with Gasteiger partial charge in [-0.3, -0.25) is 4.79 Å². The first-order valence-electron chi connectivity index (χ1n) is 5.51. The number of hydrogen-bond acceptors (Lipinski definition) is 3. The second-order valence-electron chi connectivity index (χ2n) is 4.56. The summed E-state index contributed by atoms with van der Waals surface area (Å²) in [6, 6.07) is 0. The van der Waals surface area contributed by atoms with E-state index in [9.17, 15) is 4.79 Å². The van der Waals surface area contributed by atoms with Gasteiger partial charge in [-0.05, 0) is 19.8 Å². The summed E-state index contributed by atoms with van der Waals surface area (Å²) in [5.41, 5.74) is -0.338. The molecule has 2 rings (SSSR count). The Morgan fingerprint density at radius 2 is 2.43 bits per heavy atom. The fraction of sp³-hybridized carbons (Fsp3) is 0.900. The minimum absolute atomic E-state index is 0.0776. The molecular formula is C10H17BO3. The van der Waals surface area contributed by atoms with Crippen molar-refractivity contribution in [2.24, 2.45) is 0 Å². The van der Waals surface area contributed by atoms with Crippen LogP contribution in [0.2, 0.25) is 6.32 Å². The molecule has 2 aliphatic rings. The van der Waals surface area contributed by atoms with Crippen molar-refractivity contribution in [2.75, 3.05) is 0 Å². The zero-order valence-corrected chi connectivity index (χ0v) is 8.91. The molecule has 0 aromatic heterocycles. The molecule has 2 bridgehead atoms. The molecule has 0 radical (unpaired) electrons. The van der Waals surface area contributed by atoms with Gasteiger partial charge in [0.25, 0.3) is 0 Å². The SMILES string of the molecule is BCCC(=O)OC1(C)CC2CCC1O2. The maximum Gasteiger partial charge on any atom is 0.305 e. The molecule has 3 atom stereocenters. The molecule has 4 heteroatoms. The van der Waals surface area contributed by atoms with Gasteiger partial charge in [-0.1, -0.05) is 6.32 Å². The lowest BCUT2D eigenvalue weighted by Gasteiger charge is -2.30. The van der Waals surface area contributed by atoms with Gasteiger partial charge in [-0.2, -0.15) is 0 Å². The molecule has 2 fully saturated rings. The van der Waals surface area contributed by atoms with Crippen molar-refractivity contribution in [3.05, 3.63) is 0 Å². The molecule has 0 spiro atoms. The number of carbonyl (C=O) groups excluding carboxylic acids is 1. The second-order valence-corrected chi connectivity index (χ2v) is 4.56. The fourth-order valence-corrected chi connectivity index (χ4v) is 2.51. The van der Waals surface area contributed by atoms with Crippen LogP contribution in [0.4, 0.5) is 0 Å². The van der Waals surface area contributed by atoms with E-state index in [1.54, 1.807) is 0 Å². The summed E-state index contributed by atoms with van der Waals surface area (Å²) >= 11 is 0. The van der Waals surface area contributed by atoms with Gasteiger partial charge < -0.3 is 9.47 Å². The third-order valence-corrected chi connectivity index (χ3v) is 3.22. The first kappa shape index (κ1) is 10.0. The van der Waals surface area contributed by atoms with Gasteiger partial charge in [-0.25, -0.2) is 0 Å². The smallest absolute Gasteiger partial charge is 0.305 e. The van der Waals surface area contributed by atoms with Crippen molar-refractivity contribution in [1.82, 2.24) is 0 Å². The maximum absolute atomic E-state index is 11.4. The van der Waals surface area contributed by atoms with Crippen LogP contribution < -0.4 is 0 Å². The molecule has 0 aromatic rings. The first-order chi connectivity index (χ1) is 6.64.